The number of hydrogen-bond acceptors (Lipinski definition) is 6. The van der Waals surface area contributed by atoms with Gasteiger partial charge in [-0.2, -0.15) is 0 Å². The minimum atomic E-state index is -2.01. The third-order valence-corrected chi connectivity index (χ3v) is 2.90. The Kier molecular flexibility index (Phi) is 4.48. The van der Waals surface area contributed by atoms with Crippen LogP contribution in [0.1, 0.15) is 39.5 Å². The minimum Gasteiger partial charge on any atom is -0.427 e. The number of aliphatic hydroxyl groups is 2. The SMILES string of the molecule is COC(C)OC1(O)CCCCC1(O)OC(C)=O. The molecule has 0 radical (unpaired) electrons. The van der Waals surface area contributed by atoms with Crippen LogP contribution in [0.5, 0.6) is 0 Å². The molecule has 0 aliphatic heterocycles. The molecule has 0 bridgehead atoms. The quantitative estimate of drug-likeness (QED) is 0.557. The van der Waals surface area contributed by atoms with Crippen LogP contribution in [0.2, 0.25) is 0 Å². The van der Waals surface area contributed by atoms with Crippen molar-refractivity contribution in [2.24, 2.45) is 0 Å². The summed E-state index contributed by atoms with van der Waals surface area (Å²) < 4.78 is 15.0. The summed E-state index contributed by atoms with van der Waals surface area (Å²) >= 11 is 0. The zero-order valence-electron chi connectivity index (χ0n) is 10.4. The van der Waals surface area contributed by atoms with Gasteiger partial charge in [-0.1, -0.05) is 0 Å². The Labute approximate surface area is 100 Å². The second kappa shape index (κ2) is 5.30. The Morgan fingerprint density at radius 2 is 1.76 bits per heavy atom. The van der Waals surface area contributed by atoms with Crippen LogP contribution in [0.25, 0.3) is 0 Å². The van der Waals surface area contributed by atoms with Gasteiger partial charge in [0, 0.05) is 26.9 Å². The van der Waals surface area contributed by atoms with E-state index >= 15 is 0 Å². The first-order chi connectivity index (χ1) is 7.83. The Bertz CT molecular complexity index is 281. The third kappa shape index (κ3) is 3.16. The minimum absolute atomic E-state index is 0.138. The van der Waals surface area contributed by atoms with Gasteiger partial charge in [-0.25, -0.2) is 0 Å². The van der Waals surface area contributed by atoms with Gasteiger partial charge in [0.1, 0.15) is 0 Å². The zero-order valence-corrected chi connectivity index (χ0v) is 10.4. The monoisotopic (exact) mass is 248 g/mol. The molecule has 1 rings (SSSR count). The lowest BCUT2D eigenvalue weighted by Crippen LogP contribution is -2.61. The van der Waals surface area contributed by atoms with Crippen molar-refractivity contribution in [2.45, 2.75) is 57.4 Å². The van der Waals surface area contributed by atoms with E-state index in [2.05, 4.69) is 0 Å². The van der Waals surface area contributed by atoms with Crippen molar-refractivity contribution in [3.63, 3.8) is 0 Å². The van der Waals surface area contributed by atoms with Gasteiger partial charge < -0.3 is 24.4 Å². The van der Waals surface area contributed by atoms with Crippen molar-refractivity contribution < 1.29 is 29.2 Å². The Hall–Kier alpha value is -0.690. The summed E-state index contributed by atoms with van der Waals surface area (Å²) in [6.45, 7) is 2.76. The largest absolute Gasteiger partial charge is 0.427 e. The van der Waals surface area contributed by atoms with Gasteiger partial charge in [0.2, 0.25) is 5.79 Å². The van der Waals surface area contributed by atoms with E-state index in [9.17, 15) is 15.0 Å². The number of hydrogen-bond donors (Lipinski definition) is 2. The first-order valence-electron chi connectivity index (χ1n) is 5.68. The van der Waals surface area contributed by atoms with Crippen molar-refractivity contribution in [3.05, 3.63) is 0 Å². The lowest BCUT2D eigenvalue weighted by Gasteiger charge is -2.45. The molecule has 1 aliphatic carbocycles. The van der Waals surface area contributed by atoms with E-state index in [1.807, 2.05) is 0 Å². The maximum absolute atomic E-state index is 11.0. The first kappa shape index (κ1) is 14.4. The van der Waals surface area contributed by atoms with Gasteiger partial charge in [-0.15, -0.1) is 0 Å². The summed E-state index contributed by atoms with van der Waals surface area (Å²) in [5.41, 5.74) is 0. The van der Waals surface area contributed by atoms with Gasteiger partial charge >= 0.3 is 5.97 Å². The molecule has 17 heavy (non-hydrogen) atoms. The van der Waals surface area contributed by atoms with Crippen LogP contribution in [0, 0.1) is 0 Å². The normalized spacial score (nSPS) is 35.4. The van der Waals surface area contributed by atoms with Gasteiger partial charge in [-0.05, 0) is 19.8 Å². The number of methoxy groups -OCH3 is 1. The number of carbonyl (C=O) groups is 1. The number of rotatable bonds is 4. The highest BCUT2D eigenvalue weighted by atomic mass is 16.8. The molecule has 0 aromatic heterocycles. The molecular weight excluding hydrogens is 228 g/mol. The van der Waals surface area contributed by atoms with E-state index in [0.717, 1.165) is 0 Å². The fourth-order valence-electron chi connectivity index (χ4n) is 1.96. The molecule has 2 N–H and O–H groups in total. The number of esters is 1. The predicted octanol–water partition coefficient (Wildman–Crippen LogP) is 0.510. The molecular formula is C11H20O6. The van der Waals surface area contributed by atoms with Crippen LogP contribution in [0.4, 0.5) is 0 Å². The van der Waals surface area contributed by atoms with Crippen molar-refractivity contribution >= 4 is 5.97 Å². The molecule has 100 valence electrons. The van der Waals surface area contributed by atoms with Crippen molar-refractivity contribution in [3.8, 4) is 0 Å². The summed E-state index contributed by atoms with van der Waals surface area (Å²) in [7, 11) is 1.42. The molecule has 0 heterocycles. The second-order valence-electron chi connectivity index (χ2n) is 4.29. The van der Waals surface area contributed by atoms with Crippen LogP contribution in [-0.4, -0.2) is 41.2 Å². The van der Waals surface area contributed by atoms with E-state index in [-0.39, 0.29) is 12.8 Å². The average molecular weight is 248 g/mol. The third-order valence-electron chi connectivity index (χ3n) is 2.90. The van der Waals surface area contributed by atoms with Crippen LogP contribution >= 0.6 is 0 Å². The highest BCUT2D eigenvalue weighted by Gasteiger charge is 2.56. The maximum Gasteiger partial charge on any atom is 0.305 e. The molecule has 0 aromatic carbocycles. The van der Waals surface area contributed by atoms with Gasteiger partial charge in [0.25, 0.3) is 5.79 Å². The second-order valence-corrected chi connectivity index (χ2v) is 4.29. The molecule has 1 fully saturated rings. The number of carbonyl (C=O) groups excluding carboxylic acids is 1. The van der Waals surface area contributed by atoms with Crippen molar-refractivity contribution in [1.82, 2.24) is 0 Å². The summed E-state index contributed by atoms with van der Waals surface area (Å²) in [6.07, 6.45) is 0.942. The van der Waals surface area contributed by atoms with Crippen LogP contribution in [0.15, 0.2) is 0 Å². The molecule has 0 spiro atoms. The first-order valence-corrected chi connectivity index (χ1v) is 5.68. The Morgan fingerprint density at radius 1 is 1.24 bits per heavy atom. The lowest BCUT2D eigenvalue weighted by atomic mass is 9.87. The van der Waals surface area contributed by atoms with E-state index in [0.29, 0.717) is 12.8 Å². The molecule has 0 aromatic rings. The summed E-state index contributed by atoms with van der Waals surface area (Å²) in [5, 5.41) is 20.5. The van der Waals surface area contributed by atoms with Crippen LogP contribution in [-0.2, 0) is 19.0 Å². The van der Waals surface area contributed by atoms with Crippen molar-refractivity contribution in [1.29, 1.82) is 0 Å². The molecule has 0 saturated heterocycles. The predicted molar refractivity (Wildman–Crippen MR) is 57.7 cm³/mol. The summed E-state index contributed by atoms with van der Waals surface area (Å²) in [4.78, 5) is 11.0. The Balaban J connectivity index is 2.86. The highest BCUT2D eigenvalue weighted by Crippen LogP contribution is 2.40. The molecule has 3 atom stereocenters. The summed E-state index contributed by atoms with van der Waals surface area (Å²) in [6, 6.07) is 0. The van der Waals surface area contributed by atoms with Crippen molar-refractivity contribution in [2.75, 3.05) is 7.11 Å². The van der Waals surface area contributed by atoms with Crippen LogP contribution < -0.4 is 0 Å². The molecule has 6 nitrogen and oxygen atoms in total. The topological polar surface area (TPSA) is 85.2 Å². The fourth-order valence-corrected chi connectivity index (χ4v) is 1.96. The smallest absolute Gasteiger partial charge is 0.305 e. The lowest BCUT2D eigenvalue weighted by molar-refractivity contribution is -0.411. The van der Waals surface area contributed by atoms with E-state index in [4.69, 9.17) is 14.2 Å². The summed E-state index contributed by atoms with van der Waals surface area (Å²) in [5.74, 6) is -4.60. The van der Waals surface area contributed by atoms with Gasteiger partial charge in [-0.3, -0.25) is 4.79 Å². The molecule has 0 amide bonds. The average Bonchev–Trinajstić information content (AvgIpc) is 2.21. The zero-order chi connectivity index (χ0) is 13.1. The standard InChI is InChI=1S/C11H20O6/c1-8(12)16-10(13)6-4-5-7-11(10,14)17-9(2)15-3/h9,13-14H,4-7H2,1-3H3. The van der Waals surface area contributed by atoms with Crippen LogP contribution in [0.3, 0.4) is 0 Å². The Morgan fingerprint density at radius 3 is 2.24 bits per heavy atom. The van der Waals surface area contributed by atoms with E-state index in [1.165, 1.54) is 14.0 Å². The van der Waals surface area contributed by atoms with Gasteiger partial charge in [0.05, 0.1) is 0 Å². The molecule has 3 unspecified atom stereocenters. The highest BCUT2D eigenvalue weighted by molar-refractivity contribution is 5.66. The van der Waals surface area contributed by atoms with Gasteiger partial charge in [0.15, 0.2) is 6.29 Å². The van der Waals surface area contributed by atoms with E-state index in [1.54, 1.807) is 6.92 Å². The fraction of sp³-hybridized carbons (Fsp3) is 0.909. The molecule has 1 aliphatic rings. The van der Waals surface area contributed by atoms with E-state index < -0.39 is 23.8 Å². The molecule has 6 heteroatoms. The molecule has 1 saturated carbocycles. The maximum atomic E-state index is 11.0. The number of ether oxygens (including phenoxy) is 3.